The molecule has 3 N–H and O–H groups in total. The summed E-state index contributed by atoms with van der Waals surface area (Å²) in [7, 11) is 0. The zero-order chi connectivity index (χ0) is 48.9. The van der Waals surface area contributed by atoms with Crippen LogP contribution in [-0.2, 0) is 68.2 Å². The van der Waals surface area contributed by atoms with Gasteiger partial charge in [-0.15, -0.1) is 0 Å². The van der Waals surface area contributed by atoms with E-state index in [0.717, 1.165) is 31.4 Å². The first-order chi connectivity index (χ1) is 32.4. The molecule has 0 aliphatic carbocycles. The van der Waals surface area contributed by atoms with E-state index in [1.165, 1.54) is 12.2 Å². The molecule has 1 unspecified atom stereocenters. The highest BCUT2D eigenvalue weighted by Crippen LogP contribution is 2.42. The van der Waals surface area contributed by atoms with Crippen molar-refractivity contribution >= 4 is 68.3 Å². The summed E-state index contributed by atoms with van der Waals surface area (Å²) in [5, 5.41) is 9.52. The highest BCUT2D eigenvalue weighted by atomic mass is 79.9. The molecule has 5 amide bonds. The quantitative estimate of drug-likeness (QED) is 0.0491. The molecule has 3 atom stereocenters. The van der Waals surface area contributed by atoms with Gasteiger partial charge in [0.15, 0.2) is 0 Å². The number of benzene rings is 2. The maximum Gasteiger partial charge on any atom is 0.355 e. The minimum atomic E-state index is -1.91. The average Bonchev–Trinajstić information content (AvgIpc) is 3.82. The number of cyclic esters (lactones) is 1. The zero-order valence-corrected chi connectivity index (χ0v) is 40.5. The first kappa shape index (κ1) is 49.4. The van der Waals surface area contributed by atoms with E-state index in [-0.39, 0.29) is 98.7 Å². The van der Waals surface area contributed by atoms with Crippen LogP contribution in [0.25, 0.3) is 22.3 Å². The highest BCUT2D eigenvalue weighted by molar-refractivity contribution is 9.10. The number of nitrogens with one attached hydrogen (secondary N) is 3. The van der Waals surface area contributed by atoms with Gasteiger partial charge in [-0.25, -0.2) is 9.78 Å². The third kappa shape index (κ3) is 10.9. The molecule has 0 saturated heterocycles. The molecule has 358 valence electrons. The lowest BCUT2D eigenvalue weighted by molar-refractivity contribution is -0.190. The Morgan fingerprint density at radius 3 is 2.35 bits per heavy atom. The fraction of sp³-hybridized carbons (Fsp3) is 0.431. The van der Waals surface area contributed by atoms with Gasteiger partial charge < -0.3 is 30.0 Å². The largest absolute Gasteiger partial charge is 0.457 e. The smallest absolute Gasteiger partial charge is 0.355 e. The summed E-state index contributed by atoms with van der Waals surface area (Å²) in [5.74, 6) is -3.63. The van der Waals surface area contributed by atoms with Crippen LogP contribution < -0.4 is 21.5 Å². The van der Waals surface area contributed by atoms with Crippen LogP contribution in [-0.4, -0.2) is 81.1 Å². The van der Waals surface area contributed by atoms with Crippen molar-refractivity contribution in [3.63, 3.8) is 0 Å². The molecule has 0 radical (unpaired) electrons. The van der Waals surface area contributed by atoms with Crippen molar-refractivity contribution in [1.82, 2.24) is 30.4 Å². The van der Waals surface area contributed by atoms with E-state index in [0.29, 0.717) is 30.7 Å². The molecule has 7 rings (SSSR count). The van der Waals surface area contributed by atoms with Gasteiger partial charge in [-0.3, -0.25) is 38.5 Å². The summed E-state index contributed by atoms with van der Waals surface area (Å²) in [6, 6.07) is 16.6. The van der Waals surface area contributed by atoms with Crippen LogP contribution in [0.5, 0.6) is 0 Å². The van der Waals surface area contributed by atoms with Crippen molar-refractivity contribution in [3.05, 3.63) is 110 Å². The molecular weight excluding hydrogens is 936 g/mol. The van der Waals surface area contributed by atoms with E-state index in [1.807, 2.05) is 68.4 Å². The monoisotopic (exact) mass is 992 g/mol. The minimum Gasteiger partial charge on any atom is -0.457 e. The fourth-order valence-corrected chi connectivity index (χ4v) is 9.41. The van der Waals surface area contributed by atoms with E-state index >= 15 is 0 Å². The highest BCUT2D eigenvalue weighted by Gasteiger charge is 2.51. The lowest BCUT2D eigenvalue weighted by atomic mass is 9.84. The molecule has 0 bridgehead atoms. The molecule has 17 heteroatoms. The third-order valence-electron chi connectivity index (χ3n) is 12.6. The van der Waals surface area contributed by atoms with Crippen molar-refractivity contribution < 1.29 is 43.0 Å². The van der Waals surface area contributed by atoms with Gasteiger partial charge in [-0.2, -0.15) is 0 Å². The lowest BCUT2D eigenvalue weighted by Crippen LogP contribution is -2.55. The Hall–Kier alpha value is -6.49. The summed E-state index contributed by atoms with van der Waals surface area (Å²) >= 11 is 3.59. The molecule has 2 aromatic carbocycles. The van der Waals surface area contributed by atoms with Gasteiger partial charge in [0.05, 0.1) is 35.4 Å². The van der Waals surface area contributed by atoms with Gasteiger partial charge in [0.1, 0.15) is 18.7 Å². The molecule has 0 fully saturated rings. The number of ether oxygens (including phenoxy) is 2. The van der Waals surface area contributed by atoms with Gasteiger partial charge in [0, 0.05) is 59.1 Å². The second-order valence-corrected chi connectivity index (χ2v) is 19.7. The number of halogens is 1. The van der Waals surface area contributed by atoms with Crippen LogP contribution in [0, 0.1) is 11.3 Å². The zero-order valence-electron chi connectivity index (χ0n) is 38.9. The van der Waals surface area contributed by atoms with E-state index in [1.54, 1.807) is 31.4 Å². The van der Waals surface area contributed by atoms with Crippen molar-refractivity contribution in [1.29, 1.82) is 0 Å². The summed E-state index contributed by atoms with van der Waals surface area (Å²) in [6.07, 6.45) is 4.37. The third-order valence-corrected chi connectivity index (χ3v) is 13.3. The summed E-state index contributed by atoms with van der Waals surface area (Å²) in [6.45, 7) is 9.28. The molecule has 0 saturated carbocycles. The van der Waals surface area contributed by atoms with Crippen molar-refractivity contribution in [3.8, 4) is 11.4 Å². The van der Waals surface area contributed by atoms with Gasteiger partial charge in [0.2, 0.25) is 23.3 Å². The van der Waals surface area contributed by atoms with Crippen LogP contribution in [0.2, 0.25) is 0 Å². The first-order valence-electron chi connectivity index (χ1n) is 23.1. The van der Waals surface area contributed by atoms with Gasteiger partial charge >= 0.3 is 11.9 Å². The number of carbonyl (C=O) groups excluding carboxylic acids is 7. The van der Waals surface area contributed by atoms with Gasteiger partial charge in [-0.1, -0.05) is 93.4 Å². The lowest BCUT2D eigenvalue weighted by Gasteiger charge is -2.36. The number of fused-ring (bicyclic) bond motifs is 5. The first-order valence-corrected chi connectivity index (χ1v) is 23.9. The number of unbranched alkanes of at least 4 members (excludes halogenated alkanes) is 2. The molecule has 16 nitrogen and oxygen atoms in total. The number of rotatable bonds is 20. The second-order valence-electron chi connectivity index (χ2n) is 18.9. The number of hydrogen-bond donors (Lipinski definition) is 3. The van der Waals surface area contributed by atoms with Gasteiger partial charge in [-0.05, 0) is 66.8 Å². The van der Waals surface area contributed by atoms with E-state index in [2.05, 4.69) is 31.9 Å². The number of hydrogen-bond acceptors (Lipinski definition) is 11. The number of esters is 2. The van der Waals surface area contributed by atoms with E-state index in [4.69, 9.17) is 14.5 Å². The molecule has 68 heavy (non-hydrogen) atoms. The fourth-order valence-electron chi connectivity index (χ4n) is 8.94. The van der Waals surface area contributed by atoms with E-state index < -0.39 is 46.9 Å². The van der Waals surface area contributed by atoms with Crippen LogP contribution in [0.1, 0.15) is 102 Å². The Kier molecular flexibility index (Phi) is 15.1. The molecular formula is C51H57BrN6O10. The average molecular weight is 994 g/mol. The number of aromatic nitrogens is 2. The minimum absolute atomic E-state index is 0.00624. The standard InChI is InChI=1S/C51H57BrN6O10/c1-6-51(35-25-40-45-32(24-33-36(52)16-13-17-37(33)55-45)27-58(40)48(65)34(35)28-67-49(51)66)68-44(62)26-50(4,5)29-53-46(63)38(22-30(2)3)56-47(64)39(23-31-14-9-7-10-15-31)54-41(59)18-11-8-12-21-57-42(60)19-20-43(57)61/h7,9-10,13-17,19-20,24-25,30,38-39H,6,8,11-12,18,21-23,26-29H2,1-5H3,(H,53,63)(H,54,59)(H,56,64)/t38?,39-,51-/m0/s1. The summed E-state index contributed by atoms with van der Waals surface area (Å²) in [5.41, 5.74) is 0.756. The SMILES string of the molecule is CC[C@@]1(OC(=O)CC(C)(C)CNC(=O)C(CC(C)C)NC(=O)[C@H](Cc2ccccc2)NC(=O)CCCCCN2C(=O)C=CC2=O)C(=O)OCc2c1cc1n(c2=O)Cc2cc3c(Br)cccc3nc2-1. The Balaban J connectivity index is 0.993. The molecule has 2 aromatic heterocycles. The molecule has 5 heterocycles. The predicted molar refractivity (Wildman–Crippen MR) is 255 cm³/mol. The molecule has 4 aromatic rings. The summed E-state index contributed by atoms with van der Waals surface area (Å²) in [4.78, 5) is 113. The van der Waals surface area contributed by atoms with Crippen LogP contribution in [0.3, 0.4) is 0 Å². The molecule has 3 aliphatic heterocycles. The number of pyridine rings is 2. The maximum absolute atomic E-state index is 14.1. The Labute approximate surface area is 402 Å². The van der Waals surface area contributed by atoms with Crippen LogP contribution in [0.15, 0.2) is 82.1 Å². The number of carbonyl (C=O) groups is 7. The van der Waals surface area contributed by atoms with Crippen LogP contribution in [0.4, 0.5) is 0 Å². The second kappa shape index (κ2) is 20.8. The van der Waals surface area contributed by atoms with Gasteiger partial charge in [0.25, 0.3) is 17.4 Å². The number of amides is 5. The Morgan fingerprint density at radius 1 is 0.912 bits per heavy atom. The molecule has 0 spiro atoms. The Bertz CT molecular complexity index is 2730. The van der Waals surface area contributed by atoms with Crippen molar-refractivity contribution in [2.24, 2.45) is 11.3 Å². The normalized spacial score (nSPS) is 17.0. The Morgan fingerprint density at radius 2 is 1.65 bits per heavy atom. The van der Waals surface area contributed by atoms with E-state index in [9.17, 15) is 38.4 Å². The van der Waals surface area contributed by atoms with Crippen molar-refractivity contribution in [2.75, 3.05) is 13.1 Å². The topological polar surface area (TPSA) is 212 Å². The van der Waals surface area contributed by atoms with Crippen molar-refractivity contribution in [2.45, 2.75) is 117 Å². The number of nitrogens with zero attached hydrogens (tertiary/aromatic N) is 3. The summed E-state index contributed by atoms with van der Waals surface area (Å²) < 4.78 is 14.1. The van der Waals surface area contributed by atoms with Crippen LogP contribution >= 0.6 is 15.9 Å². The molecule has 3 aliphatic rings. The predicted octanol–water partition coefficient (Wildman–Crippen LogP) is 5.67. The number of imide groups is 1. The maximum atomic E-state index is 14.1.